The van der Waals surface area contributed by atoms with Crippen molar-refractivity contribution in [3.8, 4) is 0 Å². The topological polar surface area (TPSA) is 17.8 Å². The van der Waals surface area contributed by atoms with Gasteiger partial charge in [-0.25, -0.2) is 9.37 Å². The van der Waals surface area contributed by atoms with Crippen molar-refractivity contribution in [2.45, 2.75) is 27.3 Å². The maximum absolute atomic E-state index is 13.4. The molecule has 20 heavy (non-hydrogen) atoms. The van der Waals surface area contributed by atoms with Gasteiger partial charge in [0.2, 0.25) is 0 Å². The molecule has 0 amide bonds. The predicted molar refractivity (Wildman–Crippen MR) is 79.4 cm³/mol. The molecular formula is C17H17FN2. The molecule has 0 fully saturated rings. The highest BCUT2D eigenvalue weighted by atomic mass is 19.1. The summed E-state index contributed by atoms with van der Waals surface area (Å²) < 4.78 is 15.5. The van der Waals surface area contributed by atoms with E-state index < -0.39 is 0 Å². The van der Waals surface area contributed by atoms with E-state index in [-0.39, 0.29) is 5.82 Å². The van der Waals surface area contributed by atoms with E-state index in [9.17, 15) is 4.39 Å². The zero-order chi connectivity index (χ0) is 14.3. The largest absolute Gasteiger partial charge is 0.326 e. The van der Waals surface area contributed by atoms with Gasteiger partial charge in [0.25, 0.3) is 0 Å². The second-order valence-electron chi connectivity index (χ2n) is 5.37. The summed E-state index contributed by atoms with van der Waals surface area (Å²) in [5.74, 6) is -0.193. The van der Waals surface area contributed by atoms with Gasteiger partial charge in [0.15, 0.2) is 0 Å². The Morgan fingerprint density at radius 2 is 1.75 bits per heavy atom. The maximum atomic E-state index is 13.4. The molecule has 0 unspecified atom stereocenters. The van der Waals surface area contributed by atoms with Crippen LogP contribution in [0, 0.1) is 26.6 Å². The van der Waals surface area contributed by atoms with E-state index in [1.165, 1.54) is 17.2 Å². The average Bonchev–Trinajstić information content (AvgIpc) is 2.77. The Morgan fingerprint density at radius 3 is 2.55 bits per heavy atom. The van der Waals surface area contributed by atoms with Crippen molar-refractivity contribution in [1.82, 2.24) is 9.55 Å². The van der Waals surface area contributed by atoms with Gasteiger partial charge in [0.1, 0.15) is 5.82 Å². The van der Waals surface area contributed by atoms with Crippen molar-refractivity contribution in [3.05, 3.63) is 64.7 Å². The number of rotatable bonds is 2. The molecule has 3 rings (SSSR count). The van der Waals surface area contributed by atoms with E-state index in [4.69, 9.17) is 0 Å². The normalized spacial score (nSPS) is 11.2. The summed E-state index contributed by atoms with van der Waals surface area (Å²) in [6.45, 7) is 6.83. The van der Waals surface area contributed by atoms with Crippen molar-refractivity contribution in [2.24, 2.45) is 0 Å². The second kappa shape index (κ2) is 4.75. The van der Waals surface area contributed by atoms with E-state index in [1.54, 1.807) is 6.07 Å². The number of fused-ring (bicyclic) bond motifs is 1. The molecule has 0 aliphatic heterocycles. The lowest BCUT2D eigenvalue weighted by Crippen LogP contribution is -2.01. The fourth-order valence-electron chi connectivity index (χ4n) is 2.43. The summed E-state index contributed by atoms with van der Waals surface area (Å²) in [5, 5.41) is 0. The fourth-order valence-corrected chi connectivity index (χ4v) is 2.43. The first-order valence-electron chi connectivity index (χ1n) is 6.72. The van der Waals surface area contributed by atoms with E-state index in [1.807, 2.05) is 19.3 Å². The van der Waals surface area contributed by atoms with Gasteiger partial charge in [0.05, 0.1) is 17.4 Å². The number of nitrogens with zero attached hydrogens (tertiary/aromatic N) is 2. The Bertz CT molecular complexity index is 787. The molecule has 0 bridgehead atoms. The fraction of sp³-hybridized carbons (Fsp3) is 0.235. The maximum Gasteiger partial charge on any atom is 0.123 e. The van der Waals surface area contributed by atoms with Crippen LogP contribution >= 0.6 is 0 Å². The monoisotopic (exact) mass is 268 g/mol. The second-order valence-corrected chi connectivity index (χ2v) is 5.37. The highest BCUT2D eigenvalue weighted by Gasteiger charge is 2.07. The van der Waals surface area contributed by atoms with Crippen LogP contribution in [0.25, 0.3) is 11.0 Å². The minimum Gasteiger partial charge on any atom is -0.326 e. The summed E-state index contributed by atoms with van der Waals surface area (Å²) in [7, 11) is 0. The van der Waals surface area contributed by atoms with Crippen LogP contribution in [0.3, 0.4) is 0 Å². The number of benzene rings is 2. The van der Waals surface area contributed by atoms with Gasteiger partial charge >= 0.3 is 0 Å². The van der Waals surface area contributed by atoms with E-state index in [0.29, 0.717) is 6.54 Å². The van der Waals surface area contributed by atoms with Crippen molar-refractivity contribution in [1.29, 1.82) is 0 Å². The predicted octanol–water partition coefficient (Wildman–Crippen LogP) is 4.15. The number of aryl methyl sites for hydroxylation is 3. The molecule has 3 heteroatoms. The van der Waals surface area contributed by atoms with Crippen LogP contribution in [0.4, 0.5) is 4.39 Å². The lowest BCUT2D eigenvalue weighted by molar-refractivity contribution is 0.623. The highest BCUT2D eigenvalue weighted by Crippen LogP contribution is 2.20. The lowest BCUT2D eigenvalue weighted by atomic mass is 10.1. The van der Waals surface area contributed by atoms with Gasteiger partial charge in [-0.3, -0.25) is 0 Å². The van der Waals surface area contributed by atoms with Crippen LogP contribution in [-0.2, 0) is 6.54 Å². The molecular weight excluding hydrogens is 251 g/mol. The number of imidazole rings is 1. The molecule has 102 valence electrons. The van der Waals surface area contributed by atoms with Crippen LogP contribution in [0.15, 0.2) is 36.7 Å². The minimum atomic E-state index is -0.193. The van der Waals surface area contributed by atoms with Crippen LogP contribution in [-0.4, -0.2) is 9.55 Å². The van der Waals surface area contributed by atoms with Gasteiger partial charge < -0.3 is 4.57 Å². The number of hydrogen-bond acceptors (Lipinski definition) is 1. The number of halogens is 1. The standard InChI is InChI=1S/C17H17FN2/c1-11-4-5-15(18)8-14(11)9-20-10-19-16-6-12(2)13(3)7-17(16)20/h4-8,10H,9H2,1-3H3. The van der Waals surface area contributed by atoms with Crippen LogP contribution < -0.4 is 0 Å². The van der Waals surface area contributed by atoms with Gasteiger partial charge in [0, 0.05) is 6.54 Å². The zero-order valence-electron chi connectivity index (χ0n) is 11.9. The summed E-state index contributed by atoms with van der Waals surface area (Å²) >= 11 is 0. The smallest absolute Gasteiger partial charge is 0.123 e. The van der Waals surface area contributed by atoms with Crippen molar-refractivity contribution in [3.63, 3.8) is 0 Å². The molecule has 0 atom stereocenters. The third-order valence-corrected chi connectivity index (χ3v) is 3.89. The molecule has 0 aliphatic carbocycles. The van der Waals surface area contributed by atoms with Gasteiger partial charge in [-0.1, -0.05) is 6.07 Å². The van der Waals surface area contributed by atoms with Crippen LogP contribution in [0.2, 0.25) is 0 Å². The third kappa shape index (κ3) is 2.20. The zero-order valence-corrected chi connectivity index (χ0v) is 11.9. The minimum absolute atomic E-state index is 0.193. The van der Waals surface area contributed by atoms with Crippen LogP contribution in [0.5, 0.6) is 0 Å². The Labute approximate surface area is 117 Å². The van der Waals surface area contributed by atoms with Crippen molar-refractivity contribution >= 4 is 11.0 Å². The summed E-state index contributed by atoms with van der Waals surface area (Å²) in [6, 6.07) is 9.16. The average molecular weight is 268 g/mol. The van der Waals surface area contributed by atoms with Gasteiger partial charge in [-0.2, -0.15) is 0 Å². The first-order valence-corrected chi connectivity index (χ1v) is 6.72. The molecule has 2 nitrogen and oxygen atoms in total. The Balaban J connectivity index is 2.07. The molecule has 2 aromatic carbocycles. The molecule has 0 radical (unpaired) electrons. The van der Waals surface area contributed by atoms with E-state index in [2.05, 4.69) is 35.5 Å². The molecule has 0 N–H and O–H groups in total. The Kier molecular flexibility index (Phi) is 3.05. The van der Waals surface area contributed by atoms with E-state index in [0.717, 1.165) is 22.2 Å². The molecule has 0 aliphatic rings. The molecule has 0 spiro atoms. The molecule has 1 heterocycles. The quantitative estimate of drug-likeness (QED) is 0.682. The van der Waals surface area contributed by atoms with E-state index >= 15 is 0 Å². The molecule has 1 aromatic heterocycles. The SMILES string of the molecule is Cc1cc2ncn(Cc3cc(F)ccc3C)c2cc1C. The molecule has 0 saturated heterocycles. The van der Waals surface area contributed by atoms with Crippen molar-refractivity contribution < 1.29 is 4.39 Å². The number of aromatic nitrogens is 2. The molecule has 3 aromatic rings. The summed E-state index contributed by atoms with van der Waals surface area (Å²) in [6.07, 6.45) is 1.83. The highest BCUT2D eigenvalue weighted by molar-refractivity contribution is 5.77. The third-order valence-electron chi connectivity index (χ3n) is 3.89. The Morgan fingerprint density at radius 1 is 1.00 bits per heavy atom. The number of hydrogen-bond donors (Lipinski definition) is 0. The van der Waals surface area contributed by atoms with Crippen LogP contribution in [0.1, 0.15) is 22.3 Å². The summed E-state index contributed by atoms with van der Waals surface area (Å²) in [4.78, 5) is 4.44. The van der Waals surface area contributed by atoms with Gasteiger partial charge in [-0.15, -0.1) is 0 Å². The van der Waals surface area contributed by atoms with Crippen molar-refractivity contribution in [2.75, 3.05) is 0 Å². The first-order chi connectivity index (χ1) is 9.54. The Hall–Kier alpha value is -2.16. The van der Waals surface area contributed by atoms with Gasteiger partial charge in [-0.05, 0) is 67.3 Å². The summed E-state index contributed by atoms with van der Waals surface area (Å²) in [5.41, 5.74) is 6.65. The molecule has 0 saturated carbocycles. The lowest BCUT2D eigenvalue weighted by Gasteiger charge is -2.09. The first kappa shape index (κ1) is 12.9.